The van der Waals surface area contributed by atoms with Crippen LogP contribution in [0.5, 0.6) is 0 Å². The number of nitrogens with two attached hydrogens (primary N) is 1. The number of hydrogen-bond donors (Lipinski definition) is 1. The summed E-state index contributed by atoms with van der Waals surface area (Å²) < 4.78 is 7.40. The first-order valence-corrected chi connectivity index (χ1v) is 9.30. The summed E-state index contributed by atoms with van der Waals surface area (Å²) in [7, 11) is 0. The third-order valence-electron chi connectivity index (χ3n) is 4.84. The second-order valence-electron chi connectivity index (χ2n) is 6.79. The lowest BCUT2D eigenvalue weighted by atomic mass is 10.1. The maximum atomic E-state index is 6.25. The molecule has 0 amide bonds. The van der Waals surface area contributed by atoms with Crippen molar-refractivity contribution in [2.75, 3.05) is 5.73 Å². The van der Waals surface area contributed by atoms with Gasteiger partial charge in [-0.2, -0.15) is 10.1 Å². The smallest absolute Gasteiger partial charge is 0.258 e. The zero-order valence-corrected chi connectivity index (χ0v) is 16.7. The summed E-state index contributed by atoms with van der Waals surface area (Å²) in [5.41, 5.74) is 12.2. The van der Waals surface area contributed by atoms with E-state index in [9.17, 15) is 0 Å². The molecule has 142 valence electrons. The zero-order chi connectivity index (χ0) is 19.8. The minimum Gasteiger partial charge on any atom is -0.398 e. The maximum absolute atomic E-state index is 6.25. The SMILES string of the molecule is Cc1nn(Cc2cccc(-c3nc(-c4cccc(N)c4C)no3)c2)c(C)c1Cl. The highest BCUT2D eigenvalue weighted by Crippen LogP contribution is 2.28. The molecule has 2 N–H and O–H groups in total. The van der Waals surface area contributed by atoms with E-state index in [1.54, 1.807) is 0 Å². The minimum atomic E-state index is 0.463. The van der Waals surface area contributed by atoms with Crippen molar-refractivity contribution in [1.29, 1.82) is 0 Å². The lowest BCUT2D eigenvalue weighted by Crippen LogP contribution is -2.04. The van der Waals surface area contributed by atoms with Crippen LogP contribution in [0, 0.1) is 20.8 Å². The van der Waals surface area contributed by atoms with Crippen LogP contribution < -0.4 is 5.73 Å². The number of rotatable bonds is 4. The lowest BCUT2D eigenvalue weighted by Gasteiger charge is -2.06. The van der Waals surface area contributed by atoms with Gasteiger partial charge in [0.1, 0.15) is 0 Å². The van der Waals surface area contributed by atoms with Crippen molar-refractivity contribution in [3.05, 3.63) is 70.0 Å². The number of anilines is 1. The molecule has 0 bridgehead atoms. The maximum Gasteiger partial charge on any atom is 0.258 e. The van der Waals surface area contributed by atoms with E-state index in [0.29, 0.717) is 29.0 Å². The molecule has 4 rings (SSSR count). The number of halogens is 1. The van der Waals surface area contributed by atoms with Gasteiger partial charge in [0.2, 0.25) is 5.82 Å². The van der Waals surface area contributed by atoms with Gasteiger partial charge in [0.15, 0.2) is 0 Å². The third kappa shape index (κ3) is 3.27. The van der Waals surface area contributed by atoms with Crippen molar-refractivity contribution in [2.24, 2.45) is 0 Å². The van der Waals surface area contributed by atoms with E-state index in [2.05, 4.69) is 15.2 Å². The van der Waals surface area contributed by atoms with Gasteiger partial charge < -0.3 is 10.3 Å². The van der Waals surface area contributed by atoms with E-state index in [0.717, 1.165) is 33.6 Å². The second kappa shape index (κ2) is 7.13. The fourth-order valence-electron chi connectivity index (χ4n) is 3.15. The first-order chi connectivity index (χ1) is 13.4. The van der Waals surface area contributed by atoms with Gasteiger partial charge in [-0.05, 0) is 50.1 Å². The Morgan fingerprint density at radius 2 is 1.89 bits per heavy atom. The molecule has 6 nitrogen and oxygen atoms in total. The summed E-state index contributed by atoms with van der Waals surface area (Å²) in [4.78, 5) is 4.56. The molecule has 0 fully saturated rings. The fourth-order valence-corrected chi connectivity index (χ4v) is 3.29. The molecule has 7 heteroatoms. The molecule has 2 aromatic carbocycles. The predicted molar refractivity (Wildman–Crippen MR) is 110 cm³/mol. The Morgan fingerprint density at radius 3 is 2.64 bits per heavy atom. The number of benzene rings is 2. The van der Waals surface area contributed by atoms with Crippen molar-refractivity contribution < 1.29 is 4.52 Å². The highest BCUT2D eigenvalue weighted by atomic mass is 35.5. The Hall–Kier alpha value is -3.12. The summed E-state index contributed by atoms with van der Waals surface area (Å²) in [6.07, 6.45) is 0. The fraction of sp³-hybridized carbons (Fsp3) is 0.190. The molecule has 0 aliphatic rings. The normalized spacial score (nSPS) is 11.1. The van der Waals surface area contributed by atoms with Crippen LogP contribution >= 0.6 is 11.6 Å². The molecule has 4 aromatic rings. The molecule has 2 heterocycles. The van der Waals surface area contributed by atoms with Crippen LogP contribution in [0.4, 0.5) is 5.69 Å². The molecule has 0 atom stereocenters. The monoisotopic (exact) mass is 393 g/mol. The Bertz CT molecular complexity index is 1160. The van der Waals surface area contributed by atoms with Crippen molar-refractivity contribution >= 4 is 17.3 Å². The zero-order valence-electron chi connectivity index (χ0n) is 15.9. The Balaban J connectivity index is 1.64. The van der Waals surface area contributed by atoms with Crippen LogP contribution in [0.3, 0.4) is 0 Å². The van der Waals surface area contributed by atoms with Gasteiger partial charge in [-0.3, -0.25) is 4.68 Å². The molecule has 0 radical (unpaired) electrons. The van der Waals surface area contributed by atoms with Gasteiger partial charge in [0.25, 0.3) is 5.89 Å². The molecular weight excluding hydrogens is 374 g/mol. The molecule has 28 heavy (non-hydrogen) atoms. The van der Waals surface area contributed by atoms with Crippen molar-refractivity contribution in [2.45, 2.75) is 27.3 Å². The Labute approximate surface area is 167 Å². The van der Waals surface area contributed by atoms with Gasteiger partial charge >= 0.3 is 0 Å². The van der Waals surface area contributed by atoms with Crippen LogP contribution in [-0.4, -0.2) is 19.9 Å². The van der Waals surface area contributed by atoms with E-state index in [-0.39, 0.29) is 0 Å². The number of aromatic nitrogens is 4. The van der Waals surface area contributed by atoms with Crippen LogP contribution in [0.2, 0.25) is 5.02 Å². The topological polar surface area (TPSA) is 82.8 Å². The molecule has 0 saturated heterocycles. The highest BCUT2D eigenvalue weighted by Gasteiger charge is 2.14. The molecular formula is C21H20ClN5O. The largest absolute Gasteiger partial charge is 0.398 e. The molecule has 0 saturated carbocycles. The average molecular weight is 394 g/mol. The standard InChI is InChI=1S/C21H20ClN5O/c1-12-17(8-5-9-18(12)23)20-24-21(28-26-20)16-7-4-6-15(10-16)11-27-14(3)19(22)13(2)25-27/h4-10H,11,23H2,1-3H3. The first kappa shape index (κ1) is 18.3. The second-order valence-corrected chi connectivity index (χ2v) is 7.16. The van der Waals surface area contributed by atoms with E-state index in [4.69, 9.17) is 21.9 Å². The molecule has 2 aromatic heterocycles. The van der Waals surface area contributed by atoms with E-state index >= 15 is 0 Å². The van der Waals surface area contributed by atoms with Crippen LogP contribution in [0.15, 0.2) is 47.0 Å². The predicted octanol–water partition coefficient (Wildman–Crippen LogP) is 4.81. The molecule has 0 aliphatic heterocycles. The van der Waals surface area contributed by atoms with Gasteiger partial charge in [-0.1, -0.05) is 41.0 Å². The quantitative estimate of drug-likeness (QED) is 0.503. The summed E-state index contributed by atoms with van der Waals surface area (Å²) in [6, 6.07) is 13.6. The summed E-state index contributed by atoms with van der Waals surface area (Å²) in [6.45, 7) is 6.42. The summed E-state index contributed by atoms with van der Waals surface area (Å²) in [5, 5.41) is 9.33. The van der Waals surface area contributed by atoms with E-state index in [1.807, 2.05) is 67.9 Å². The van der Waals surface area contributed by atoms with Crippen molar-refractivity contribution in [3.63, 3.8) is 0 Å². The number of aryl methyl sites for hydroxylation is 1. The summed E-state index contributed by atoms with van der Waals surface area (Å²) >= 11 is 6.25. The first-order valence-electron chi connectivity index (χ1n) is 8.92. The van der Waals surface area contributed by atoms with Gasteiger partial charge in [0, 0.05) is 16.8 Å². The number of hydrogen-bond acceptors (Lipinski definition) is 5. The number of nitrogen functional groups attached to an aromatic ring is 1. The molecule has 0 unspecified atom stereocenters. The van der Waals surface area contributed by atoms with Gasteiger partial charge in [0.05, 0.1) is 23.0 Å². The Morgan fingerprint density at radius 1 is 1.11 bits per heavy atom. The van der Waals surface area contributed by atoms with Gasteiger partial charge in [-0.25, -0.2) is 0 Å². The minimum absolute atomic E-state index is 0.463. The van der Waals surface area contributed by atoms with Crippen molar-refractivity contribution in [1.82, 2.24) is 19.9 Å². The molecule has 0 spiro atoms. The lowest BCUT2D eigenvalue weighted by molar-refractivity contribution is 0.432. The number of nitrogens with zero attached hydrogens (tertiary/aromatic N) is 4. The molecule has 0 aliphatic carbocycles. The van der Waals surface area contributed by atoms with Crippen LogP contribution in [-0.2, 0) is 6.54 Å². The Kier molecular flexibility index (Phi) is 4.65. The van der Waals surface area contributed by atoms with Gasteiger partial charge in [-0.15, -0.1) is 0 Å². The van der Waals surface area contributed by atoms with Crippen LogP contribution in [0.1, 0.15) is 22.5 Å². The summed E-state index contributed by atoms with van der Waals surface area (Å²) in [5.74, 6) is 0.987. The highest BCUT2D eigenvalue weighted by molar-refractivity contribution is 6.31. The van der Waals surface area contributed by atoms with Crippen molar-refractivity contribution in [3.8, 4) is 22.8 Å². The van der Waals surface area contributed by atoms with E-state index < -0.39 is 0 Å². The third-order valence-corrected chi connectivity index (χ3v) is 5.39. The average Bonchev–Trinajstić information content (AvgIpc) is 3.26. The van der Waals surface area contributed by atoms with E-state index in [1.165, 1.54) is 0 Å². The van der Waals surface area contributed by atoms with Crippen LogP contribution in [0.25, 0.3) is 22.8 Å².